The first-order valence-corrected chi connectivity index (χ1v) is 21.6. The van der Waals surface area contributed by atoms with Crippen LogP contribution in [0.2, 0.25) is 0 Å². The van der Waals surface area contributed by atoms with Gasteiger partial charge in [0.15, 0.2) is 0 Å². The van der Waals surface area contributed by atoms with Crippen molar-refractivity contribution in [2.75, 3.05) is 6.61 Å². The molecule has 0 rings (SSSR count). The fourth-order valence-electron chi connectivity index (χ4n) is 6.63. The summed E-state index contributed by atoms with van der Waals surface area (Å²) in [7, 11) is 0. The highest BCUT2D eigenvalue weighted by Gasteiger charge is 2.20. The summed E-state index contributed by atoms with van der Waals surface area (Å²) in [5.41, 5.74) is 0. The van der Waals surface area contributed by atoms with Crippen molar-refractivity contribution in [1.29, 1.82) is 0 Å². The van der Waals surface area contributed by atoms with E-state index in [1.165, 1.54) is 173 Å². The van der Waals surface area contributed by atoms with Crippen molar-refractivity contribution < 1.29 is 20.1 Å². The zero-order valence-corrected chi connectivity index (χ0v) is 32.8. The lowest BCUT2D eigenvalue weighted by molar-refractivity contribution is -0.124. The van der Waals surface area contributed by atoms with Crippen LogP contribution in [-0.2, 0) is 4.79 Å². The van der Waals surface area contributed by atoms with Crippen molar-refractivity contribution in [1.82, 2.24) is 5.32 Å². The number of rotatable bonds is 39. The number of allylic oxidation sites excluding steroid dienone is 3. The number of amides is 1. The van der Waals surface area contributed by atoms with Gasteiger partial charge >= 0.3 is 0 Å². The highest BCUT2D eigenvalue weighted by atomic mass is 16.3. The van der Waals surface area contributed by atoms with Gasteiger partial charge in [-0.25, -0.2) is 0 Å². The minimum absolute atomic E-state index is 0.0110. The van der Waals surface area contributed by atoms with E-state index in [0.29, 0.717) is 6.42 Å². The number of aliphatic hydroxyl groups is 3. The number of nitrogens with one attached hydrogen (secondary N) is 1. The first-order chi connectivity index (χ1) is 24.0. The monoisotopic (exact) mass is 692 g/mol. The van der Waals surface area contributed by atoms with Crippen LogP contribution >= 0.6 is 0 Å². The molecule has 3 atom stereocenters. The molecule has 0 saturated heterocycles. The molecule has 0 aromatic carbocycles. The molecule has 0 heterocycles. The van der Waals surface area contributed by atoms with Gasteiger partial charge in [0.2, 0.25) is 5.91 Å². The van der Waals surface area contributed by atoms with E-state index < -0.39 is 18.2 Å². The number of aliphatic hydroxyl groups excluding tert-OH is 3. The highest BCUT2D eigenvalue weighted by molar-refractivity contribution is 5.76. The Morgan fingerprint density at radius 3 is 1.24 bits per heavy atom. The van der Waals surface area contributed by atoms with E-state index >= 15 is 0 Å². The van der Waals surface area contributed by atoms with Crippen molar-refractivity contribution in [3.63, 3.8) is 0 Å². The average molecular weight is 692 g/mol. The Morgan fingerprint density at radius 1 is 0.510 bits per heavy atom. The second-order valence-corrected chi connectivity index (χ2v) is 15.0. The largest absolute Gasteiger partial charge is 0.394 e. The third-order valence-corrected chi connectivity index (χ3v) is 9.98. The maximum Gasteiger partial charge on any atom is 0.222 e. The molecule has 1 amide bonds. The van der Waals surface area contributed by atoms with Crippen LogP contribution in [0.25, 0.3) is 0 Å². The third kappa shape index (κ3) is 36.4. The predicted molar refractivity (Wildman–Crippen MR) is 213 cm³/mol. The smallest absolute Gasteiger partial charge is 0.222 e. The zero-order valence-electron chi connectivity index (χ0n) is 32.8. The van der Waals surface area contributed by atoms with E-state index in [9.17, 15) is 20.1 Å². The fraction of sp³-hybridized carbons (Fsp3) is 0.886. The van der Waals surface area contributed by atoms with Gasteiger partial charge in [-0.2, -0.15) is 0 Å². The number of carbonyl (C=O) groups excluding carboxylic acids is 1. The van der Waals surface area contributed by atoms with Crippen molar-refractivity contribution in [3.05, 3.63) is 24.3 Å². The topological polar surface area (TPSA) is 89.8 Å². The molecule has 0 saturated carbocycles. The van der Waals surface area contributed by atoms with Crippen molar-refractivity contribution in [2.24, 2.45) is 0 Å². The number of carbonyl (C=O) groups is 1. The number of hydrogen-bond donors (Lipinski definition) is 4. The van der Waals surface area contributed by atoms with Gasteiger partial charge < -0.3 is 20.6 Å². The SMILES string of the molecule is CCCCCCCCCCCC/C=C/C(O)C(CO)NC(=O)CC(O)CCCCCCCC/C=C\CCCCCCCCCCCCCC. The van der Waals surface area contributed by atoms with Crippen molar-refractivity contribution in [2.45, 2.75) is 244 Å². The molecule has 3 unspecified atom stereocenters. The van der Waals surface area contributed by atoms with E-state index in [1.54, 1.807) is 6.08 Å². The van der Waals surface area contributed by atoms with Gasteiger partial charge in [-0.3, -0.25) is 4.79 Å². The molecule has 4 N–H and O–H groups in total. The van der Waals surface area contributed by atoms with Gasteiger partial charge in [0.05, 0.1) is 31.3 Å². The molecular weight excluding hydrogens is 606 g/mol. The lowest BCUT2D eigenvalue weighted by Gasteiger charge is -2.21. The molecule has 0 aliphatic carbocycles. The lowest BCUT2D eigenvalue weighted by atomic mass is 10.0. The molecule has 0 fully saturated rings. The molecule has 0 aromatic heterocycles. The summed E-state index contributed by atoms with van der Waals surface area (Å²) >= 11 is 0. The Bertz CT molecular complexity index is 724. The highest BCUT2D eigenvalue weighted by Crippen LogP contribution is 2.15. The molecular formula is C44H85NO4. The van der Waals surface area contributed by atoms with Gasteiger partial charge in [0.25, 0.3) is 0 Å². The van der Waals surface area contributed by atoms with Crippen molar-refractivity contribution >= 4 is 5.91 Å². The molecule has 0 spiro atoms. The van der Waals surface area contributed by atoms with Crippen LogP contribution in [0.5, 0.6) is 0 Å². The normalized spacial score (nSPS) is 13.8. The zero-order chi connectivity index (χ0) is 35.9. The Kier molecular flexibility index (Phi) is 38.7. The molecule has 0 bridgehead atoms. The van der Waals surface area contributed by atoms with Crippen molar-refractivity contribution in [3.8, 4) is 0 Å². The van der Waals surface area contributed by atoms with E-state index in [2.05, 4.69) is 31.3 Å². The molecule has 0 aromatic rings. The Hall–Kier alpha value is -1.17. The first kappa shape index (κ1) is 47.8. The van der Waals surface area contributed by atoms with Gasteiger partial charge in [-0.05, 0) is 44.9 Å². The Labute approximate surface area is 305 Å². The lowest BCUT2D eigenvalue weighted by Crippen LogP contribution is -2.45. The standard InChI is InChI=1S/C44H85NO4/c1-3-5-7-9-11-13-15-17-18-19-20-21-22-23-24-25-26-27-29-31-33-35-37-41(47)39-44(49)45-42(40-46)43(48)38-36-34-32-30-28-16-14-12-10-8-6-4-2/h23-24,36,38,41-43,46-48H,3-22,25-35,37,39-40H2,1-2H3,(H,45,49)/b24-23-,38-36+. The molecule has 49 heavy (non-hydrogen) atoms. The van der Waals surface area contributed by atoms with Crippen LogP contribution in [0.15, 0.2) is 24.3 Å². The van der Waals surface area contributed by atoms with Crippen LogP contribution in [0.4, 0.5) is 0 Å². The molecule has 0 aliphatic rings. The molecule has 0 radical (unpaired) electrons. The number of unbranched alkanes of at least 4 members (excludes halogenated alkanes) is 28. The van der Waals surface area contributed by atoms with Crippen LogP contribution in [0, 0.1) is 0 Å². The number of hydrogen-bond acceptors (Lipinski definition) is 4. The van der Waals surface area contributed by atoms with E-state index in [1.807, 2.05) is 6.08 Å². The third-order valence-electron chi connectivity index (χ3n) is 9.98. The van der Waals surface area contributed by atoms with E-state index in [4.69, 9.17) is 0 Å². The second kappa shape index (κ2) is 39.6. The Morgan fingerprint density at radius 2 is 0.857 bits per heavy atom. The van der Waals surface area contributed by atoms with E-state index in [-0.39, 0.29) is 18.9 Å². The van der Waals surface area contributed by atoms with Gasteiger partial charge in [0.1, 0.15) is 0 Å². The summed E-state index contributed by atoms with van der Waals surface area (Å²) in [6.45, 7) is 4.21. The van der Waals surface area contributed by atoms with Crippen LogP contribution in [-0.4, -0.2) is 46.1 Å². The summed E-state index contributed by atoms with van der Waals surface area (Å²) < 4.78 is 0. The second-order valence-electron chi connectivity index (χ2n) is 15.0. The molecule has 5 nitrogen and oxygen atoms in total. The maximum absolute atomic E-state index is 12.4. The van der Waals surface area contributed by atoms with Gasteiger partial charge in [-0.15, -0.1) is 0 Å². The Balaban J connectivity index is 3.63. The predicted octanol–water partition coefficient (Wildman–Crippen LogP) is 12.2. The minimum Gasteiger partial charge on any atom is -0.394 e. The quantitative estimate of drug-likeness (QED) is 0.0381. The van der Waals surface area contributed by atoms with Crippen LogP contribution in [0.3, 0.4) is 0 Å². The summed E-state index contributed by atoms with van der Waals surface area (Å²) in [5.74, 6) is -0.319. The van der Waals surface area contributed by atoms with Gasteiger partial charge in [-0.1, -0.05) is 199 Å². The van der Waals surface area contributed by atoms with Crippen LogP contribution < -0.4 is 5.32 Å². The molecule has 290 valence electrons. The molecule has 5 heteroatoms. The maximum atomic E-state index is 12.4. The summed E-state index contributed by atoms with van der Waals surface area (Å²) in [5, 5.41) is 33.1. The average Bonchev–Trinajstić information content (AvgIpc) is 3.09. The minimum atomic E-state index is -0.927. The fourth-order valence-corrected chi connectivity index (χ4v) is 6.63. The summed E-state index contributed by atoms with van der Waals surface area (Å²) in [6.07, 6.45) is 47.5. The first-order valence-electron chi connectivity index (χ1n) is 21.6. The summed E-state index contributed by atoms with van der Waals surface area (Å²) in [4.78, 5) is 12.4. The summed E-state index contributed by atoms with van der Waals surface area (Å²) in [6, 6.07) is -0.743. The van der Waals surface area contributed by atoms with E-state index in [0.717, 1.165) is 25.7 Å². The van der Waals surface area contributed by atoms with Crippen LogP contribution in [0.1, 0.15) is 226 Å². The molecule has 0 aliphatic heterocycles. The van der Waals surface area contributed by atoms with Gasteiger partial charge in [0, 0.05) is 0 Å².